The van der Waals surface area contributed by atoms with E-state index < -0.39 is 0 Å². The van der Waals surface area contributed by atoms with E-state index in [1.807, 2.05) is 42.4 Å². The molecule has 1 amide bonds. The molecular formula is C18H20N6O. The second-order valence-corrected chi connectivity index (χ2v) is 6.40. The summed E-state index contributed by atoms with van der Waals surface area (Å²) in [4.78, 5) is 26.8. The van der Waals surface area contributed by atoms with Crippen LogP contribution in [0.4, 0.5) is 0 Å². The van der Waals surface area contributed by atoms with E-state index in [2.05, 4.69) is 20.1 Å². The predicted octanol–water partition coefficient (Wildman–Crippen LogP) is 2.32. The molecule has 0 saturated carbocycles. The van der Waals surface area contributed by atoms with Crippen molar-refractivity contribution in [2.24, 2.45) is 0 Å². The minimum absolute atomic E-state index is 0.0208. The van der Waals surface area contributed by atoms with E-state index in [9.17, 15) is 4.79 Å². The first-order valence-electron chi connectivity index (χ1n) is 8.47. The number of piperidine rings is 1. The normalized spacial score (nSPS) is 17.6. The molecule has 0 aliphatic carbocycles. The predicted molar refractivity (Wildman–Crippen MR) is 92.6 cm³/mol. The molecule has 4 rings (SSSR count). The molecule has 0 aromatic carbocycles. The van der Waals surface area contributed by atoms with Gasteiger partial charge in [-0.2, -0.15) is 5.10 Å². The topological polar surface area (TPSA) is 79.7 Å². The van der Waals surface area contributed by atoms with Crippen LogP contribution in [0.15, 0.2) is 43.0 Å². The largest absolute Gasteiger partial charge is 0.346 e. The number of rotatable bonds is 3. The maximum Gasteiger partial charge on any atom is 0.255 e. The van der Waals surface area contributed by atoms with E-state index in [1.165, 1.54) is 0 Å². The van der Waals surface area contributed by atoms with Gasteiger partial charge in [0.1, 0.15) is 5.82 Å². The molecule has 3 aromatic rings. The molecule has 4 heterocycles. The maximum atomic E-state index is 12.8. The number of imidazole rings is 1. The van der Waals surface area contributed by atoms with Gasteiger partial charge >= 0.3 is 0 Å². The van der Waals surface area contributed by atoms with E-state index in [0.717, 1.165) is 30.9 Å². The maximum absolute atomic E-state index is 12.8. The van der Waals surface area contributed by atoms with Gasteiger partial charge in [0.2, 0.25) is 0 Å². The highest BCUT2D eigenvalue weighted by atomic mass is 16.2. The van der Waals surface area contributed by atoms with Crippen molar-refractivity contribution in [2.75, 3.05) is 13.1 Å². The summed E-state index contributed by atoms with van der Waals surface area (Å²) < 4.78 is 1.67. The molecule has 1 aliphatic rings. The van der Waals surface area contributed by atoms with Crippen LogP contribution in [0.2, 0.25) is 0 Å². The molecular weight excluding hydrogens is 316 g/mol. The lowest BCUT2D eigenvalue weighted by Gasteiger charge is -2.31. The minimum atomic E-state index is 0.0208. The molecule has 1 N–H and O–H groups in total. The highest BCUT2D eigenvalue weighted by molar-refractivity contribution is 5.94. The molecule has 3 aromatic heterocycles. The zero-order chi connectivity index (χ0) is 17.2. The van der Waals surface area contributed by atoms with Gasteiger partial charge in [-0.1, -0.05) is 0 Å². The van der Waals surface area contributed by atoms with Gasteiger partial charge in [-0.05, 0) is 38.0 Å². The molecule has 0 spiro atoms. The summed E-state index contributed by atoms with van der Waals surface area (Å²) in [5, 5.41) is 4.14. The summed E-state index contributed by atoms with van der Waals surface area (Å²) in [7, 11) is 0. The van der Waals surface area contributed by atoms with Gasteiger partial charge in [-0.25, -0.2) is 14.6 Å². The van der Waals surface area contributed by atoms with Crippen molar-refractivity contribution in [3.63, 3.8) is 0 Å². The number of pyridine rings is 1. The van der Waals surface area contributed by atoms with Gasteiger partial charge < -0.3 is 9.88 Å². The number of likely N-dealkylation sites (tertiary alicyclic amines) is 1. The quantitative estimate of drug-likeness (QED) is 0.796. The lowest BCUT2D eigenvalue weighted by Crippen LogP contribution is -2.39. The van der Waals surface area contributed by atoms with Crippen LogP contribution < -0.4 is 0 Å². The van der Waals surface area contributed by atoms with E-state index in [-0.39, 0.29) is 11.8 Å². The number of H-pyrrole nitrogens is 1. The second kappa shape index (κ2) is 6.51. The van der Waals surface area contributed by atoms with Crippen molar-refractivity contribution in [1.82, 2.24) is 29.6 Å². The van der Waals surface area contributed by atoms with E-state index in [0.29, 0.717) is 17.9 Å². The van der Waals surface area contributed by atoms with Crippen LogP contribution in [0.5, 0.6) is 0 Å². The molecule has 0 radical (unpaired) electrons. The second-order valence-electron chi connectivity index (χ2n) is 6.40. The number of carbonyl (C=O) groups is 1. The standard InChI is InChI=1S/C18H20N6O/c1-13-10-20-17(22-13)15-4-2-8-23(12-15)18(25)14-5-6-16(19-11-14)24-9-3-7-21-24/h3,5-7,9-11,15H,2,4,8,12H2,1H3,(H,20,22)/t15-/m0/s1. The van der Waals surface area contributed by atoms with Crippen LogP contribution in [0.3, 0.4) is 0 Å². The van der Waals surface area contributed by atoms with E-state index >= 15 is 0 Å². The van der Waals surface area contributed by atoms with Crippen LogP contribution >= 0.6 is 0 Å². The fourth-order valence-electron chi connectivity index (χ4n) is 3.26. The van der Waals surface area contributed by atoms with Crippen LogP contribution in [0, 0.1) is 6.92 Å². The Labute approximate surface area is 145 Å². The highest BCUT2D eigenvalue weighted by Crippen LogP contribution is 2.25. The molecule has 1 atom stereocenters. The summed E-state index contributed by atoms with van der Waals surface area (Å²) in [6, 6.07) is 5.47. The number of hydrogen-bond acceptors (Lipinski definition) is 4. The number of aromatic amines is 1. The lowest BCUT2D eigenvalue weighted by atomic mass is 9.97. The van der Waals surface area contributed by atoms with E-state index in [4.69, 9.17) is 0 Å². The summed E-state index contributed by atoms with van der Waals surface area (Å²) in [6.45, 7) is 3.46. The van der Waals surface area contributed by atoms with Crippen molar-refractivity contribution in [2.45, 2.75) is 25.7 Å². The first-order chi connectivity index (χ1) is 12.2. The van der Waals surface area contributed by atoms with Crippen LogP contribution in [0.25, 0.3) is 5.82 Å². The molecule has 1 saturated heterocycles. The SMILES string of the molecule is Cc1cnc([C@H]2CCCN(C(=O)c3ccc(-n4cccn4)nc3)C2)[nH]1. The van der Waals surface area contributed by atoms with Gasteiger partial charge in [0, 0.05) is 49.5 Å². The summed E-state index contributed by atoms with van der Waals surface area (Å²) in [5.74, 6) is 1.96. The molecule has 7 heteroatoms. The Morgan fingerprint density at radius 2 is 2.20 bits per heavy atom. The smallest absolute Gasteiger partial charge is 0.255 e. The van der Waals surface area contributed by atoms with Crippen molar-refractivity contribution in [1.29, 1.82) is 0 Å². The fraction of sp³-hybridized carbons (Fsp3) is 0.333. The minimum Gasteiger partial charge on any atom is -0.346 e. The zero-order valence-corrected chi connectivity index (χ0v) is 14.1. The Morgan fingerprint density at radius 3 is 2.88 bits per heavy atom. The van der Waals surface area contributed by atoms with Crippen LogP contribution in [-0.4, -0.2) is 48.6 Å². The van der Waals surface area contributed by atoms with Crippen molar-refractivity contribution >= 4 is 5.91 Å². The number of amides is 1. The van der Waals surface area contributed by atoms with Gasteiger partial charge in [0.25, 0.3) is 5.91 Å². The summed E-state index contributed by atoms with van der Waals surface area (Å²) in [5.41, 5.74) is 1.66. The Hall–Kier alpha value is -2.96. The van der Waals surface area contributed by atoms with Crippen molar-refractivity contribution < 1.29 is 4.79 Å². The van der Waals surface area contributed by atoms with Gasteiger partial charge in [0.15, 0.2) is 5.82 Å². The Kier molecular flexibility index (Phi) is 4.05. The molecule has 25 heavy (non-hydrogen) atoms. The van der Waals surface area contributed by atoms with Crippen molar-refractivity contribution in [3.05, 3.63) is 60.1 Å². The number of carbonyl (C=O) groups excluding carboxylic acids is 1. The highest BCUT2D eigenvalue weighted by Gasteiger charge is 2.27. The average molecular weight is 336 g/mol. The van der Waals surface area contributed by atoms with Crippen LogP contribution in [-0.2, 0) is 0 Å². The third-order valence-electron chi connectivity index (χ3n) is 4.55. The van der Waals surface area contributed by atoms with Crippen LogP contribution in [0.1, 0.15) is 40.6 Å². The average Bonchev–Trinajstić information content (AvgIpc) is 3.33. The molecule has 0 unspecified atom stereocenters. The molecule has 1 aliphatic heterocycles. The lowest BCUT2D eigenvalue weighted by molar-refractivity contribution is 0.0704. The summed E-state index contributed by atoms with van der Waals surface area (Å²) >= 11 is 0. The zero-order valence-electron chi connectivity index (χ0n) is 14.1. The third-order valence-corrected chi connectivity index (χ3v) is 4.55. The van der Waals surface area contributed by atoms with Gasteiger partial charge in [-0.15, -0.1) is 0 Å². The summed E-state index contributed by atoms with van der Waals surface area (Å²) in [6.07, 6.45) is 9.02. The first kappa shape index (κ1) is 15.6. The Balaban J connectivity index is 1.48. The first-order valence-corrected chi connectivity index (χ1v) is 8.47. The number of nitrogens with one attached hydrogen (secondary N) is 1. The van der Waals surface area contributed by atoms with Gasteiger partial charge in [-0.3, -0.25) is 4.79 Å². The Morgan fingerprint density at radius 1 is 1.28 bits per heavy atom. The van der Waals surface area contributed by atoms with Crippen molar-refractivity contribution in [3.8, 4) is 5.82 Å². The van der Waals surface area contributed by atoms with Gasteiger partial charge in [0.05, 0.1) is 5.56 Å². The number of aromatic nitrogens is 5. The number of hydrogen-bond donors (Lipinski definition) is 1. The molecule has 128 valence electrons. The third kappa shape index (κ3) is 3.17. The number of aryl methyl sites for hydroxylation is 1. The Bertz CT molecular complexity index is 852. The monoisotopic (exact) mass is 336 g/mol. The van der Waals surface area contributed by atoms with E-state index in [1.54, 1.807) is 17.1 Å². The molecule has 1 fully saturated rings. The number of nitrogens with zero attached hydrogens (tertiary/aromatic N) is 5. The molecule has 0 bridgehead atoms. The fourth-order valence-corrected chi connectivity index (χ4v) is 3.26. The molecule has 7 nitrogen and oxygen atoms in total.